The fraction of sp³-hybridized carbons (Fsp3) is 0.923. The van der Waals surface area contributed by atoms with Gasteiger partial charge in [0.15, 0.2) is 0 Å². The van der Waals surface area contributed by atoms with Crippen molar-refractivity contribution in [1.82, 2.24) is 10.6 Å². The average Bonchev–Trinajstić information content (AvgIpc) is 2.27. The Hall–Kier alpha value is -0.610. The molecule has 1 rings (SSSR count). The summed E-state index contributed by atoms with van der Waals surface area (Å²) in [6.07, 6.45) is 1.96. The highest BCUT2D eigenvalue weighted by Gasteiger charge is 2.48. The number of amides is 1. The van der Waals surface area contributed by atoms with Crippen LogP contribution in [0, 0.1) is 5.41 Å². The van der Waals surface area contributed by atoms with Crippen molar-refractivity contribution in [2.45, 2.75) is 52.7 Å². The van der Waals surface area contributed by atoms with Gasteiger partial charge in [0.2, 0.25) is 5.91 Å². The van der Waals surface area contributed by atoms with Crippen LogP contribution in [0.1, 0.15) is 40.5 Å². The van der Waals surface area contributed by atoms with Crippen LogP contribution in [0.15, 0.2) is 0 Å². The van der Waals surface area contributed by atoms with Crippen molar-refractivity contribution in [3.8, 4) is 0 Å². The molecule has 0 bridgehead atoms. The van der Waals surface area contributed by atoms with Crippen molar-refractivity contribution >= 4 is 5.91 Å². The second kappa shape index (κ2) is 6.36. The highest BCUT2D eigenvalue weighted by Crippen LogP contribution is 2.42. The Morgan fingerprint density at radius 1 is 1.41 bits per heavy atom. The maximum absolute atomic E-state index is 11.3. The molecule has 0 spiro atoms. The summed E-state index contributed by atoms with van der Waals surface area (Å²) in [5, 5.41) is 6.25. The molecule has 4 heteroatoms. The molecule has 2 atom stereocenters. The molecule has 1 aliphatic rings. The van der Waals surface area contributed by atoms with E-state index in [1.54, 1.807) is 0 Å². The number of hydrogen-bond donors (Lipinski definition) is 2. The number of carbonyl (C=O) groups excluding carboxylic acids is 1. The Labute approximate surface area is 104 Å². The zero-order valence-corrected chi connectivity index (χ0v) is 11.5. The maximum atomic E-state index is 11.3. The summed E-state index contributed by atoms with van der Waals surface area (Å²) in [6, 6.07) is 0.466. The molecule has 1 amide bonds. The number of rotatable bonds is 7. The van der Waals surface area contributed by atoms with E-state index in [0.29, 0.717) is 25.1 Å². The van der Waals surface area contributed by atoms with Crippen molar-refractivity contribution in [2.24, 2.45) is 5.41 Å². The molecule has 0 saturated heterocycles. The second-order valence-corrected chi connectivity index (χ2v) is 5.21. The van der Waals surface area contributed by atoms with Crippen molar-refractivity contribution in [3.63, 3.8) is 0 Å². The van der Waals surface area contributed by atoms with Crippen LogP contribution < -0.4 is 10.6 Å². The first-order valence-electron chi connectivity index (χ1n) is 6.64. The van der Waals surface area contributed by atoms with Gasteiger partial charge in [0.05, 0.1) is 6.10 Å². The first-order chi connectivity index (χ1) is 8.02. The monoisotopic (exact) mass is 242 g/mol. The first-order valence-corrected chi connectivity index (χ1v) is 6.64. The Morgan fingerprint density at radius 2 is 2.12 bits per heavy atom. The third-order valence-electron chi connectivity index (χ3n) is 3.66. The summed E-state index contributed by atoms with van der Waals surface area (Å²) in [4.78, 5) is 11.3. The van der Waals surface area contributed by atoms with E-state index in [0.717, 1.165) is 19.6 Å². The molecule has 0 aromatic heterocycles. The van der Waals surface area contributed by atoms with Gasteiger partial charge in [0.25, 0.3) is 0 Å². The van der Waals surface area contributed by atoms with Gasteiger partial charge in [-0.05, 0) is 20.3 Å². The predicted octanol–water partition coefficient (Wildman–Crippen LogP) is 1.31. The minimum Gasteiger partial charge on any atom is -0.378 e. The molecule has 2 unspecified atom stereocenters. The molecule has 0 aromatic rings. The van der Waals surface area contributed by atoms with Gasteiger partial charge in [-0.15, -0.1) is 0 Å². The lowest BCUT2D eigenvalue weighted by Gasteiger charge is -2.52. The van der Waals surface area contributed by atoms with E-state index >= 15 is 0 Å². The van der Waals surface area contributed by atoms with Crippen LogP contribution in [0.4, 0.5) is 0 Å². The Bertz CT molecular complexity index is 254. The minimum absolute atomic E-state index is 0.124. The van der Waals surface area contributed by atoms with Crippen molar-refractivity contribution in [1.29, 1.82) is 0 Å². The van der Waals surface area contributed by atoms with Gasteiger partial charge in [-0.25, -0.2) is 0 Å². The fourth-order valence-electron chi connectivity index (χ4n) is 2.36. The van der Waals surface area contributed by atoms with E-state index in [4.69, 9.17) is 4.74 Å². The smallest absolute Gasteiger partial charge is 0.221 e. The molecule has 0 heterocycles. The lowest BCUT2D eigenvalue weighted by molar-refractivity contribution is -0.122. The topological polar surface area (TPSA) is 50.4 Å². The lowest BCUT2D eigenvalue weighted by Crippen LogP contribution is -2.61. The second-order valence-electron chi connectivity index (χ2n) is 5.21. The molecule has 0 radical (unpaired) electrons. The molecule has 0 aromatic carbocycles. The van der Waals surface area contributed by atoms with Crippen LogP contribution in [0.25, 0.3) is 0 Å². The Kier molecular flexibility index (Phi) is 5.40. The molecule has 0 aliphatic heterocycles. The van der Waals surface area contributed by atoms with Crippen LogP contribution in [0.5, 0.6) is 0 Å². The highest BCUT2D eigenvalue weighted by molar-refractivity contribution is 5.75. The molecular formula is C13H26N2O2. The van der Waals surface area contributed by atoms with E-state index < -0.39 is 0 Å². The van der Waals surface area contributed by atoms with Gasteiger partial charge in [-0.2, -0.15) is 0 Å². The van der Waals surface area contributed by atoms with Gasteiger partial charge in [0.1, 0.15) is 0 Å². The molecular weight excluding hydrogens is 216 g/mol. The van der Waals surface area contributed by atoms with Crippen molar-refractivity contribution in [2.75, 3.05) is 19.7 Å². The number of ether oxygens (including phenoxy) is 1. The summed E-state index contributed by atoms with van der Waals surface area (Å²) >= 11 is 0. The fourth-order valence-corrected chi connectivity index (χ4v) is 2.36. The van der Waals surface area contributed by atoms with E-state index in [1.807, 2.05) is 13.8 Å². The third-order valence-corrected chi connectivity index (χ3v) is 3.66. The normalized spacial score (nSPS) is 26.4. The van der Waals surface area contributed by atoms with E-state index in [9.17, 15) is 4.79 Å². The largest absolute Gasteiger partial charge is 0.378 e. The summed E-state index contributed by atoms with van der Waals surface area (Å²) in [5.74, 6) is 0.124. The van der Waals surface area contributed by atoms with Gasteiger partial charge < -0.3 is 15.4 Å². The summed E-state index contributed by atoms with van der Waals surface area (Å²) < 4.78 is 5.67. The zero-order chi connectivity index (χ0) is 12.9. The van der Waals surface area contributed by atoms with Crippen molar-refractivity contribution < 1.29 is 9.53 Å². The number of carbonyl (C=O) groups is 1. The predicted molar refractivity (Wildman–Crippen MR) is 68.9 cm³/mol. The van der Waals surface area contributed by atoms with Gasteiger partial charge in [-0.3, -0.25) is 4.79 Å². The summed E-state index contributed by atoms with van der Waals surface area (Å²) in [7, 11) is 0. The van der Waals surface area contributed by atoms with E-state index in [1.165, 1.54) is 0 Å². The minimum atomic E-state index is 0.124. The van der Waals surface area contributed by atoms with Crippen LogP contribution >= 0.6 is 0 Å². The molecule has 1 aliphatic carbocycles. The van der Waals surface area contributed by atoms with Gasteiger partial charge in [0, 0.05) is 37.6 Å². The molecule has 4 nitrogen and oxygen atoms in total. The number of nitrogens with one attached hydrogen (secondary N) is 2. The van der Waals surface area contributed by atoms with Crippen LogP contribution in [0.3, 0.4) is 0 Å². The zero-order valence-electron chi connectivity index (χ0n) is 11.5. The SMILES string of the molecule is CCNC(=O)CCNC1CC(OCC)C1(C)C. The molecule has 1 fully saturated rings. The van der Waals surface area contributed by atoms with E-state index in [-0.39, 0.29) is 11.3 Å². The van der Waals surface area contributed by atoms with Crippen LogP contribution in [-0.2, 0) is 9.53 Å². The summed E-state index contributed by atoms with van der Waals surface area (Å²) in [6.45, 7) is 10.7. The first kappa shape index (κ1) is 14.5. The molecule has 100 valence electrons. The third kappa shape index (κ3) is 3.68. The van der Waals surface area contributed by atoms with E-state index in [2.05, 4.69) is 24.5 Å². The van der Waals surface area contributed by atoms with Gasteiger partial charge >= 0.3 is 0 Å². The standard InChI is InChI=1S/C13H26N2O2/c1-5-14-12(16)7-8-15-10-9-11(17-6-2)13(10,3)4/h10-11,15H,5-9H2,1-4H3,(H,14,16). The van der Waals surface area contributed by atoms with Crippen LogP contribution in [-0.4, -0.2) is 37.7 Å². The number of hydrogen-bond acceptors (Lipinski definition) is 3. The molecule has 17 heavy (non-hydrogen) atoms. The van der Waals surface area contributed by atoms with Crippen LogP contribution in [0.2, 0.25) is 0 Å². The van der Waals surface area contributed by atoms with Gasteiger partial charge in [-0.1, -0.05) is 13.8 Å². The quantitative estimate of drug-likeness (QED) is 0.707. The Balaban J connectivity index is 2.20. The highest BCUT2D eigenvalue weighted by atomic mass is 16.5. The maximum Gasteiger partial charge on any atom is 0.221 e. The molecule has 2 N–H and O–H groups in total. The molecule has 1 saturated carbocycles. The van der Waals surface area contributed by atoms with Crippen molar-refractivity contribution in [3.05, 3.63) is 0 Å². The lowest BCUT2D eigenvalue weighted by atomic mass is 9.64. The average molecular weight is 242 g/mol. The Morgan fingerprint density at radius 3 is 2.65 bits per heavy atom. The summed E-state index contributed by atoms with van der Waals surface area (Å²) in [5.41, 5.74) is 0.178.